The molecule has 0 aliphatic carbocycles. The molecule has 0 bridgehead atoms. The molecule has 0 radical (unpaired) electrons. The van der Waals surface area contributed by atoms with Crippen molar-refractivity contribution in [2.45, 2.75) is 26.1 Å². The summed E-state index contributed by atoms with van der Waals surface area (Å²) in [4.78, 5) is 24.0. The maximum Gasteiger partial charge on any atom is 0.265 e. The van der Waals surface area contributed by atoms with Gasteiger partial charge < -0.3 is 24.8 Å². The fourth-order valence-corrected chi connectivity index (χ4v) is 2.44. The normalized spacial score (nSPS) is 16.6. The molecule has 2 unspecified atom stereocenters. The number of hydrogen-bond donors (Lipinski definition) is 2. The van der Waals surface area contributed by atoms with Crippen molar-refractivity contribution in [2.24, 2.45) is 0 Å². The fourth-order valence-electron chi connectivity index (χ4n) is 2.44. The Bertz CT molecular complexity index is 819. The Kier molecular flexibility index (Phi) is 4.97. The summed E-state index contributed by atoms with van der Waals surface area (Å²) in [5.74, 6) is 1.31. The lowest BCUT2D eigenvalue weighted by atomic mass is 10.2. The summed E-state index contributed by atoms with van der Waals surface area (Å²) in [5, 5.41) is 5.51. The summed E-state index contributed by atoms with van der Waals surface area (Å²) < 4.78 is 16.2. The highest BCUT2D eigenvalue weighted by Crippen LogP contribution is 2.32. The minimum absolute atomic E-state index is 0.225. The molecule has 2 amide bonds. The molecule has 1 heterocycles. The molecule has 26 heavy (non-hydrogen) atoms. The van der Waals surface area contributed by atoms with Gasteiger partial charge in [0.15, 0.2) is 12.2 Å². The van der Waals surface area contributed by atoms with Gasteiger partial charge in [-0.3, -0.25) is 9.59 Å². The molecule has 3 rings (SSSR count). The van der Waals surface area contributed by atoms with Crippen molar-refractivity contribution in [3.63, 3.8) is 0 Å². The lowest BCUT2D eigenvalue weighted by Gasteiger charge is -2.24. The van der Waals surface area contributed by atoms with Gasteiger partial charge in [0, 0.05) is 5.69 Å². The van der Waals surface area contributed by atoms with Gasteiger partial charge in [0.1, 0.15) is 17.2 Å². The molecular formula is C19H20N2O5. The third-order valence-corrected chi connectivity index (χ3v) is 3.92. The first-order valence-corrected chi connectivity index (χ1v) is 8.19. The standard InChI is InChI=1S/C19H20N2O5/c1-11(25-15-7-5-14(24-3)6-8-15)18(22)20-13-4-9-17-16(10-13)21-19(23)12(2)26-17/h4-12H,1-3H3,(H,20,22)(H,21,23). The summed E-state index contributed by atoms with van der Waals surface area (Å²) in [5.41, 5.74) is 1.06. The van der Waals surface area contributed by atoms with Gasteiger partial charge in [-0.05, 0) is 56.3 Å². The van der Waals surface area contributed by atoms with Crippen LogP contribution in [-0.2, 0) is 9.59 Å². The molecular weight excluding hydrogens is 336 g/mol. The molecule has 2 atom stereocenters. The number of nitrogens with one attached hydrogen (secondary N) is 2. The topological polar surface area (TPSA) is 85.9 Å². The van der Waals surface area contributed by atoms with Gasteiger partial charge in [0.05, 0.1) is 12.8 Å². The Morgan fingerprint density at radius 2 is 1.88 bits per heavy atom. The number of amides is 2. The highest BCUT2D eigenvalue weighted by molar-refractivity contribution is 5.99. The molecule has 0 saturated heterocycles. The summed E-state index contributed by atoms with van der Waals surface area (Å²) in [7, 11) is 1.58. The quantitative estimate of drug-likeness (QED) is 0.860. The zero-order chi connectivity index (χ0) is 18.7. The SMILES string of the molecule is COc1ccc(OC(C)C(=O)Nc2ccc3c(c2)NC(=O)C(C)O3)cc1. The number of benzene rings is 2. The van der Waals surface area contributed by atoms with E-state index < -0.39 is 12.2 Å². The van der Waals surface area contributed by atoms with Crippen LogP contribution in [0.25, 0.3) is 0 Å². The highest BCUT2D eigenvalue weighted by Gasteiger charge is 2.24. The second kappa shape index (κ2) is 7.35. The smallest absolute Gasteiger partial charge is 0.265 e. The van der Waals surface area contributed by atoms with Gasteiger partial charge in [-0.25, -0.2) is 0 Å². The van der Waals surface area contributed by atoms with Crippen LogP contribution in [0.3, 0.4) is 0 Å². The van der Waals surface area contributed by atoms with E-state index in [0.29, 0.717) is 28.6 Å². The third-order valence-electron chi connectivity index (χ3n) is 3.92. The fraction of sp³-hybridized carbons (Fsp3) is 0.263. The average Bonchev–Trinajstić information content (AvgIpc) is 2.63. The maximum absolute atomic E-state index is 12.3. The van der Waals surface area contributed by atoms with Crippen LogP contribution in [0.4, 0.5) is 11.4 Å². The molecule has 0 aromatic heterocycles. The van der Waals surface area contributed by atoms with E-state index in [0.717, 1.165) is 0 Å². The minimum Gasteiger partial charge on any atom is -0.497 e. The van der Waals surface area contributed by atoms with Crippen LogP contribution in [-0.4, -0.2) is 31.1 Å². The van der Waals surface area contributed by atoms with E-state index in [-0.39, 0.29) is 11.8 Å². The largest absolute Gasteiger partial charge is 0.497 e. The first kappa shape index (κ1) is 17.6. The number of carbonyl (C=O) groups excluding carboxylic acids is 2. The summed E-state index contributed by atoms with van der Waals surface area (Å²) in [6.07, 6.45) is -1.24. The van der Waals surface area contributed by atoms with Crippen molar-refractivity contribution in [3.05, 3.63) is 42.5 Å². The average molecular weight is 356 g/mol. The van der Waals surface area contributed by atoms with Crippen molar-refractivity contribution in [2.75, 3.05) is 17.7 Å². The second-order valence-electron chi connectivity index (χ2n) is 5.89. The molecule has 1 aliphatic heterocycles. The second-order valence-corrected chi connectivity index (χ2v) is 5.89. The molecule has 0 spiro atoms. The number of anilines is 2. The molecule has 7 nitrogen and oxygen atoms in total. The van der Waals surface area contributed by atoms with E-state index in [9.17, 15) is 9.59 Å². The van der Waals surface area contributed by atoms with Crippen LogP contribution in [0.1, 0.15) is 13.8 Å². The van der Waals surface area contributed by atoms with E-state index in [1.165, 1.54) is 0 Å². The van der Waals surface area contributed by atoms with E-state index >= 15 is 0 Å². The van der Waals surface area contributed by atoms with Gasteiger partial charge in [-0.1, -0.05) is 0 Å². The Morgan fingerprint density at radius 1 is 1.19 bits per heavy atom. The van der Waals surface area contributed by atoms with Crippen LogP contribution < -0.4 is 24.8 Å². The lowest BCUT2D eigenvalue weighted by Crippen LogP contribution is -2.34. The van der Waals surface area contributed by atoms with Crippen LogP contribution in [0.2, 0.25) is 0 Å². The first-order chi connectivity index (χ1) is 12.5. The summed E-state index contributed by atoms with van der Waals surface area (Å²) in [6, 6.07) is 12.0. The van der Waals surface area contributed by atoms with Crippen LogP contribution in [0, 0.1) is 0 Å². The van der Waals surface area contributed by atoms with E-state index in [1.807, 2.05) is 0 Å². The van der Waals surface area contributed by atoms with Gasteiger partial charge >= 0.3 is 0 Å². The van der Waals surface area contributed by atoms with E-state index in [1.54, 1.807) is 63.4 Å². The molecule has 1 aliphatic rings. The van der Waals surface area contributed by atoms with Gasteiger partial charge in [0.2, 0.25) is 0 Å². The predicted molar refractivity (Wildman–Crippen MR) is 96.9 cm³/mol. The maximum atomic E-state index is 12.3. The molecule has 2 aromatic rings. The first-order valence-electron chi connectivity index (χ1n) is 8.19. The number of methoxy groups -OCH3 is 1. The number of fused-ring (bicyclic) bond motifs is 1. The van der Waals surface area contributed by atoms with Crippen molar-refractivity contribution < 1.29 is 23.8 Å². The zero-order valence-corrected chi connectivity index (χ0v) is 14.7. The van der Waals surface area contributed by atoms with Crippen molar-refractivity contribution >= 4 is 23.2 Å². The van der Waals surface area contributed by atoms with Crippen molar-refractivity contribution in [1.29, 1.82) is 0 Å². The third kappa shape index (κ3) is 3.88. The predicted octanol–water partition coefficient (Wildman–Crippen LogP) is 2.82. The van der Waals surface area contributed by atoms with Gasteiger partial charge in [0.25, 0.3) is 11.8 Å². The Labute approximate surface area is 151 Å². The summed E-state index contributed by atoms with van der Waals surface area (Å²) >= 11 is 0. The number of carbonyl (C=O) groups is 2. The molecule has 0 fully saturated rings. The Balaban J connectivity index is 1.63. The van der Waals surface area contributed by atoms with E-state index in [4.69, 9.17) is 14.2 Å². The Morgan fingerprint density at radius 3 is 2.58 bits per heavy atom. The Hall–Kier alpha value is -3.22. The summed E-state index contributed by atoms with van der Waals surface area (Å²) in [6.45, 7) is 3.33. The van der Waals surface area contributed by atoms with Crippen molar-refractivity contribution in [3.8, 4) is 17.2 Å². The van der Waals surface area contributed by atoms with E-state index in [2.05, 4.69) is 10.6 Å². The number of ether oxygens (including phenoxy) is 3. The van der Waals surface area contributed by atoms with Crippen LogP contribution in [0.5, 0.6) is 17.2 Å². The van der Waals surface area contributed by atoms with Crippen molar-refractivity contribution in [1.82, 2.24) is 0 Å². The van der Waals surface area contributed by atoms with Crippen LogP contribution in [0.15, 0.2) is 42.5 Å². The molecule has 2 N–H and O–H groups in total. The van der Waals surface area contributed by atoms with Crippen LogP contribution >= 0.6 is 0 Å². The highest BCUT2D eigenvalue weighted by atomic mass is 16.5. The number of rotatable bonds is 5. The monoisotopic (exact) mass is 356 g/mol. The van der Waals surface area contributed by atoms with Gasteiger partial charge in [-0.2, -0.15) is 0 Å². The van der Waals surface area contributed by atoms with Gasteiger partial charge in [-0.15, -0.1) is 0 Å². The number of hydrogen-bond acceptors (Lipinski definition) is 5. The minimum atomic E-state index is -0.703. The molecule has 136 valence electrons. The molecule has 0 saturated carbocycles. The zero-order valence-electron chi connectivity index (χ0n) is 14.7. The molecule has 7 heteroatoms. The lowest BCUT2D eigenvalue weighted by molar-refractivity contribution is -0.123. The molecule has 2 aromatic carbocycles.